The number of rotatable bonds is 4. The van der Waals surface area contributed by atoms with Crippen LogP contribution in [0.1, 0.15) is 18.3 Å². The number of para-hydroxylation sites is 2. The van der Waals surface area contributed by atoms with E-state index in [1.165, 1.54) is 6.07 Å². The SMILES string of the molecule is CC(N=C1NS(=O)(=O)c2ccccc21)C(=O)NCc1nc2ccccc2n1C. The maximum absolute atomic E-state index is 12.5. The number of nitrogens with zero attached hydrogens (tertiary/aromatic N) is 3. The lowest BCUT2D eigenvalue weighted by Gasteiger charge is -2.10. The third kappa shape index (κ3) is 3.13. The second kappa shape index (κ2) is 6.75. The summed E-state index contributed by atoms with van der Waals surface area (Å²) in [5.74, 6) is 0.588. The molecule has 2 aromatic carbocycles. The van der Waals surface area contributed by atoms with Crippen molar-refractivity contribution in [3.05, 3.63) is 59.9 Å². The smallest absolute Gasteiger partial charge is 0.263 e. The summed E-state index contributed by atoms with van der Waals surface area (Å²) in [6.45, 7) is 1.87. The Morgan fingerprint density at radius 3 is 2.71 bits per heavy atom. The van der Waals surface area contributed by atoms with Gasteiger partial charge in [0.05, 0.1) is 22.5 Å². The van der Waals surface area contributed by atoms with Crippen LogP contribution in [0.5, 0.6) is 0 Å². The van der Waals surface area contributed by atoms with E-state index in [1.807, 2.05) is 35.9 Å². The third-order valence-electron chi connectivity index (χ3n) is 4.67. The second-order valence-corrected chi connectivity index (χ2v) is 8.20. The van der Waals surface area contributed by atoms with Crippen LogP contribution in [-0.4, -0.2) is 35.8 Å². The van der Waals surface area contributed by atoms with Crippen molar-refractivity contribution in [2.45, 2.75) is 24.4 Å². The van der Waals surface area contributed by atoms with Crippen molar-refractivity contribution in [2.75, 3.05) is 0 Å². The highest BCUT2D eigenvalue weighted by Gasteiger charge is 2.31. The average molecular weight is 397 g/mol. The Morgan fingerprint density at radius 2 is 1.93 bits per heavy atom. The van der Waals surface area contributed by atoms with Crippen molar-refractivity contribution in [2.24, 2.45) is 12.0 Å². The minimum absolute atomic E-state index is 0.168. The Labute approximate surface area is 162 Å². The molecule has 0 aliphatic carbocycles. The van der Waals surface area contributed by atoms with Crippen molar-refractivity contribution < 1.29 is 13.2 Å². The molecule has 8 nitrogen and oxygen atoms in total. The van der Waals surface area contributed by atoms with E-state index in [4.69, 9.17) is 0 Å². The van der Waals surface area contributed by atoms with E-state index < -0.39 is 16.1 Å². The summed E-state index contributed by atoms with van der Waals surface area (Å²) in [4.78, 5) is 21.4. The van der Waals surface area contributed by atoms with Gasteiger partial charge in [-0.25, -0.2) is 13.4 Å². The van der Waals surface area contributed by atoms with Crippen LogP contribution in [0, 0.1) is 0 Å². The molecule has 1 atom stereocenters. The van der Waals surface area contributed by atoms with Crippen molar-refractivity contribution >= 4 is 32.8 Å². The molecule has 2 N–H and O–H groups in total. The Balaban J connectivity index is 1.50. The van der Waals surface area contributed by atoms with Gasteiger partial charge in [-0.3, -0.25) is 14.5 Å². The molecular formula is C19H19N5O3S. The van der Waals surface area contributed by atoms with Gasteiger partial charge in [-0.05, 0) is 31.2 Å². The molecule has 1 amide bonds. The van der Waals surface area contributed by atoms with Crippen LogP contribution in [0.15, 0.2) is 58.4 Å². The molecule has 0 fully saturated rings. The fourth-order valence-electron chi connectivity index (χ4n) is 3.15. The van der Waals surface area contributed by atoms with Gasteiger partial charge in [0, 0.05) is 12.6 Å². The lowest BCUT2D eigenvalue weighted by Crippen LogP contribution is -2.34. The number of hydrogen-bond acceptors (Lipinski definition) is 5. The average Bonchev–Trinajstić information content (AvgIpc) is 3.14. The predicted octanol–water partition coefficient (Wildman–Crippen LogP) is 1.32. The summed E-state index contributed by atoms with van der Waals surface area (Å²) in [6, 6.07) is 13.5. The second-order valence-electron chi connectivity index (χ2n) is 6.55. The van der Waals surface area contributed by atoms with E-state index >= 15 is 0 Å². The standard InChI is InChI=1S/C19H19N5O3S/c1-12(21-18-13-7-3-6-10-16(13)28(26,27)23-18)19(25)20-11-17-22-14-8-4-5-9-15(14)24(17)2/h3-10,12H,11H2,1-2H3,(H,20,25)(H,21,23). The molecule has 0 radical (unpaired) electrons. The quantitative estimate of drug-likeness (QED) is 0.692. The van der Waals surface area contributed by atoms with Gasteiger partial charge in [-0.2, -0.15) is 0 Å². The topological polar surface area (TPSA) is 105 Å². The first kappa shape index (κ1) is 18.2. The number of aliphatic imine (C=N–C) groups is 1. The van der Waals surface area contributed by atoms with Crippen LogP contribution in [-0.2, 0) is 28.4 Å². The number of carbonyl (C=O) groups is 1. The molecule has 28 heavy (non-hydrogen) atoms. The maximum Gasteiger partial charge on any atom is 0.263 e. The van der Waals surface area contributed by atoms with Gasteiger partial charge < -0.3 is 9.88 Å². The molecule has 0 bridgehead atoms. The Kier molecular flexibility index (Phi) is 4.38. The number of benzene rings is 2. The van der Waals surface area contributed by atoms with Crippen LogP contribution in [0.25, 0.3) is 11.0 Å². The predicted molar refractivity (Wildman–Crippen MR) is 105 cm³/mol. The number of sulfonamides is 1. The van der Waals surface area contributed by atoms with Gasteiger partial charge in [0.25, 0.3) is 10.0 Å². The lowest BCUT2D eigenvalue weighted by molar-refractivity contribution is -0.122. The summed E-state index contributed by atoms with van der Waals surface area (Å²) in [5, 5.41) is 2.81. The zero-order valence-corrected chi connectivity index (χ0v) is 16.2. The maximum atomic E-state index is 12.5. The molecule has 0 saturated carbocycles. The molecule has 1 aliphatic rings. The molecule has 144 valence electrons. The molecule has 0 spiro atoms. The van der Waals surface area contributed by atoms with Crippen LogP contribution in [0.4, 0.5) is 0 Å². The number of amides is 1. The molecule has 9 heteroatoms. The minimum Gasteiger partial charge on any atom is -0.347 e. The van der Waals surface area contributed by atoms with E-state index in [2.05, 4.69) is 20.0 Å². The van der Waals surface area contributed by atoms with E-state index in [1.54, 1.807) is 25.1 Å². The van der Waals surface area contributed by atoms with E-state index in [-0.39, 0.29) is 23.2 Å². The first-order valence-electron chi connectivity index (χ1n) is 8.75. The highest BCUT2D eigenvalue weighted by Crippen LogP contribution is 2.22. The molecule has 2 heterocycles. The van der Waals surface area contributed by atoms with Gasteiger partial charge >= 0.3 is 0 Å². The number of carbonyl (C=O) groups excluding carboxylic acids is 1. The van der Waals surface area contributed by atoms with Gasteiger partial charge in [-0.15, -0.1) is 0 Å². The van der Waals surface area contributed by atoms with Gasteiger partial charge in [0.1, 0.15) is 17.7 Å². The van der Waals surface area contributed by atoms with E-state index in [0.29, 0.717) is 5.56 Å². The van der Waals surface area contributed by atoms with Crippen LogP contribution in [0.3, 0.4) is 0 Å². The monoisotopic (exact) mass is 397 g/mol. The van der Waals surface area contributed by atoms with E-state index in [0.717, 1.165) is 16.9 Å². The molecule has 3 aromatic rings. The summed E-state index contributed by atoms with van der Waals surface area (Å²) < 4.78 is 28.6. The van der Waals surface area contributed by atoms with Crippen molar-refractivity contribution in [3.8, 4) is 0 Å². The first-order valence-corrected chi connectivity index (χ1v) is 10.2. The minimum atomic E-state index is -3.63. The summed E-state index contributed by atoms with van der Waals surface area (Å²) in [5.41, 5.74) is 2.31. The summed E-state index contributed by atoms with van der Waals surface area (Å²) in [7, 11) is -1.73. The zero-order chi connectivity index (χ0) is 19.9. The van der Waals surface area contributed by atoms with Gasteiger partial charge in [0.2, 0.25) is 5.91 Å². The Bertz CT molecular complexity index is 1210. The Hall–Kier alpha value is -3.20. The van der Waals surface area contributed by atoms with Crippen molar-refractivity contribution in [1.29, 1.82) is 0 Å². The molecular weight excluding hydrogens is 378 g/mol. The first-order chi connectivity index (χ1) is 13.4. The van der Waals surface area contributed by atoms with Crippen LogP contribution >= 0.6 is 0 Å². The largest absolute Gasteiger partial charge is 0.347 e. The fraction of sp³-hybridized carbons (Fsp3) is 0.211. The molecule has 1 aromatic heterocycles. The Morgan fingerprint density at radius 1 is 1.21 bits per heavy atom. The number of nitrogens with one attached hydrogen (secondary N) is 2. The number of aryl methyl sites for hydroxylation is 1. The van der Waals surface area contributed by atoms with Crippen LogP contribution < -0.4 is 10.0 Å². The summed E-state index contributed by atoms with van der Waals surface area (Å²) >= 11 is 0. The zero-order valence-electron chi connectivity index (χ0n) is 15.4. The highest BCUT2D eigenvalue weighted by molar-refractivity contribution is 7.90. The lowest BCUT2D eigenvalue weighted by atomic mass is 10.2. The van der Waals surface area contributed by atoms with Gasteiger partial charge in [-0.1, -0.05) is 24.3 Å². The molecule has 1 aliphatic heterocycles. The fourth-order valence-corrected chi connectivity index (χ4v) is 4.39. The molecule has 0 saturated heterocycles. The number of aromatic nitrogens is 2. The molecule has 4 rings (SSSR count). The van der Waals surface area contributed by atoms with Crippen LogP contribution in [0.2, 0.25) is 0 Å². The van der Waals surface area contributed by atoms with Crippen molar-refractivity contribution in [1.82, 2.24) is 19.6 Å². The highest BCUT2D eigenvalue weighted by atomic mass is 32.2. The third-order valence-corrected chi connectivity index (χ3v) is 6.06. The number of imidazole rings is 1. The normalized spacial score (nSPS) is 17.3. The molecule has 1 unspecified atom stereocenters. The summed E-state index contributed by atoms with van der Waals surface area (Å²) in [6.07, 6.45) is 0. The van der Waals surface area contributed by atoms with Gasteiger partial charge in [0.15, 0.2) is 0 Å². The van der Waals surface area contributed by atoms with E-state index in [9.17, 15) is 13.2 Å². The number of hydrogen-bond donors (Lipinski definition) is 2. The number of amidine groups is 1. The van der Waals surface area contributed by atoms with Crippen molar-refractivity contribution in [3.63, 3.8) is 0 Å². The number of fused-ring (bicyclic) bond motifs is 2.